The lowest BCUT2D eigenvalue weighted by atomic mass is 10.2. The zero-order chi connectivity index (χ0) is 17.7. The van der Waals surface area contributed by atoms with Gasteiger partial charge in [-0.15, -0.1) is 0 Å². The number of nitrogens with zero attached hydrogens (tertiary/aromatic N) is 2. The number of benzene rings is 2. The molecule has 0 radical (unpaired) electrons. The Labute approximate surface area is 140 Å². The molecule has 7 nitrogen and oxygen atoms in total. The van der Waals surface area contributed by atoms with E-state index in [1.807, 2.05) is 0 Å². The zero-order valence-corrected chi connectivity index (χ0v) is 12.8. The average molecular weight is 347 g/mol. The van der Waals surface area contributed by atoms with Crippen LogP contribution in [-0.2, 0) is 0 Å². The van der Waals surface area contributed by atoms with Gasteiger partial charge in [0.2, 0.25) is 5.75 Å². The first kappa shape index (κ1) is 17.2. The largest absolute Gasteiger partial charge is 0.501 e. The molecule has 3 rings (SSSR count). The number of halogens is 1. The lowest BCUT2D eigenvalue weighted by Crippen LogP contribution is -1.95. The van der Waals surface area contributed by atoms with Crippen molar-refractivity contribution in [3.63, 3.8) is 0 Å². The highest BCUT2D eigenvalue weighted by molar-refractivity contribution is 6.33. The van der Waals surface area contributed by atoms with E-state index in [-0.39, 0.29) is 27.5 Å². The van der Waals surface area contributed by atoms with Crippen LogP contribution in [0.2, 0.25) is 5.02 Å². The number of carbonyl (C=O) groups is 1. The molecule has 0 saturated heterocycles. The molecule has 0 aliphatic rings. The van der Waals surface area contributed by atoms with Gasteiger partial charge in [0.25, 0.3) is 0 Å². The fourth-order valence-corrected chi connectivity index (χ4v) is 2.12. The molecular weight excluding hydrogens is 336 g/mol. The molecule has 0 atom stereocenters. The maximum atomic E-state index is 10.5. The van der Waals surface area contributed by atoms with E-state index in [1.165, 1.54) is 18.3 Å². The van der Waals surface area contributed by atoms with Crippen LogP contribution < -0.4 is 0 Å². The van der Waals surface area contributed by atoms with Gasteiger partial charge in [-0.3, -0.25) is 15.1 Å². The van der Waals surface area contributed by atoms with Crippen LogP contribution in [0.3, 0.4) is 0 Å². The number of aromatic nitrogens is 1. The molecule has 0 amide bonds. The number of fused-ring (bicyclic) bond motifs is 1. The third kappa shape index (κ3) is 3.76. The van der Waals surface area contributed by atoms with E-state index in [1.54, 1.807) is 36.4 Å². The summed E-state index contributed by atoms with van der Waals surface area (Å²) < 4.78 is 0. The Morgan fingerprint density at radius 1 is 1.12 bits per heavy atom. The summed E-state index contributed by atoms with van der Waals surface area (Å²) in [7, 11) is 0. The number of phenolic OH excluding ortho intramolecular Hbond substituents is 1. The Hall–Kier alpha value is -3.19. The molecule has 0 spiro atoms. The van der Waals surface area contributed by atoms with E-state index in [4.69, 9.17) is 16.7 Å². The van der Waals surface area contributed by atoms with E-state index in [2.05, 4.69) is 4.98 Å². The van der Waals surface area contributed by atoms with Crippen molar-refractivity contribution in [2.75, 3.05) is 0 Å². The van der Waals surface area contributed by atoms with Crippen molar-refractivity contribution >= 4 is 34.2 Å². The predicted octanol–water partition coefficient (Wildman–Crippen LogP) is 3.89. The van der Waals surface area contributed by atoms with Crippen molar-refractivity contribution in [2.45, 2.75) is 0 Å². The third-order valence-corrected chi connectivity index (χ3v) is 3.36. The molecule has 1 heterocycles. The normalized spacial score (nSPS) is 9.88. The molecule has 3 aromatic rings. The number of nitro groups is 1. The Balaban J connectivity index is 0.000000185. The molecule has 1 aromatic heterocycles. The second kappa shape index (κ2) is 7.38. The number of carboxylic acid groups (broad SMARTS) is 1. The van der Waals surface area contributed by atoms with Gasteiger partial charge in [-0.1, -0.05) is 29.8 Å². The van der Waals surface area contributed by atoms with Crippen molar-refractivity contribution in [3.8, 4) is 5.75 Å². The minimum Gasteiger partial charge on any atom is -0.501 e. The summed E-state index contributed by atoms with van der Waals surface area (Å²) in [4.78, 5) is 24.1. The highest BCUT2D eigenvalue weighted by atomic mass is 35.5. The van der Waals surface area contributed by atoms with E-state index < -0.39 is 10.9 Å². The maximum Gasteiger partial charge on any atom is 0.337 e. The van der Waals surface area contributed by atoms with E-state index in [0.717, 1.165) is 0 Å². The van der Waals surface area contributed by atoms with Crippen LogP contribution in [0.4, 0.5) is 5.69 Å². The number of hydrogen-bond donors (Lipinski definition) is 2. The molecule has 0 unspecified atom stereocenters. The van der Waals surface area contributed by atoms with Gasteiger partial charge in [-0.25, -0.2) is 4.79 Å². The quantitative estimate of drug-likeness (QED) is 0.537. The lowest BCUT2D eigenvalue weighted by Gasteiger charge is -1.99. The van der Waals surface area contributed by atoms with Crippen molar-refractivity contribution in [2.24, 2.45) is 0 Å². The highest BCUT2D eigenvalue weighted by Crippen LogP contribution is 2.32. The van der Waals surface area contributed by atoms with Gasteiger partial charge in [0, 0.05) is 17.6 Å². The van der Waals surface area contributed by atoms with Crippen LogP contribution in [0, 0.1) is 10.1 Å². The van der Waals surface area contributed by atoms with Crippen LogP contribution >= 0.6 is 11.6 Å². The SMILES string of the molecule is O=C(O)c1ccccc1Cl.O=[N+]([O-])c1ccc2cccnc2c1O. The molecule has 122 valence electrons. The Kier molecular flexibility index (Phi) is 5.28. The molecule has 0 bridgehead atoms. The van der Waals surface area contributed by atoms with Crippen LogP contribution in [0.5, 0.6) is 5.75 Å². The maximum absolute atomic E-state index is 10.5. The second-order valence-electron chi connectivity index (χ2n) is 4.55. The summed E-state index contributed by atoms with van der Waals surface area (Å²) in [6, 6.07) is 12.6. The summed E-state index contributed by atoms with van der Waals surface area (Å²) in [6.45, 7) is 0. The Bertz CT molecular complexity index is 914. The number of aromatic carboxylic acids is 1. The Morgan fingerprint density at radius 2 is 1.83 bits per heavy atom. The number of rotatable bonds is 2. The van der Waals surface area contributed by atoms with Gasteiger partial charge < -0.3 is 10.2 Å². The monoisotopic (exact) mass is 346 g/mol. The second-order valence-corrected chi connectivity index (χ2v) is 4.96. The molecule has 0 aliphatic carbocycles. The molecule has 2 aromatic carbocycles. The summed E-state index contributed by atoms with van der Waals surface area (Å²) in [5.74, 6) is -1.38. The minimum atomic E-state index is -0.995. The molecule has 24 heavy (non-hydrogen) atoms. The van der Waals surface area contributed by atoms with E-state index in [9.17, 15) is 20.0 Å². The van der Waals surface area contributed by atoms with Crippen molar-refractivity contribution < 1.29 is 19.9 Å². The fraction of sp³-hybridized carbons (Fsp3) is 0. The number of carboxylic acids is 1. The molecule has 8 heteroatoms. The fourth-order valence-electron chi connectivity index (χ4n) is 1.90. The van der Waals surface area contributed by atoms with Crippen molar-refractivity contribution in [1.29, 1.82) is 0 Å². The standard InChI is InChI=1S/C9H6N2O3.C7H5ClO2/c12-9-7(11(13)14)4-3-6-2-1-5-10-8(6)9;8-6-4-2-1-3-5(6)7(9)10/h1-5,12H;1-4H,(H,9,10). The summed E-state index contributed by atoms with van der Waals surface area (Å²) in [6.07, 6.45) is 1.48. The van der Waals surface area contributed by atoms with Crippen LogP contribution in [0.25, 0.3) is 10.9 Å². The van der Waals surface area contributed by atoms with Crippen LogP contribution in [0.1, 0.15) is 10.4 Å². The molecule has 0 fully saturated rings. The zero-order valence-electron chi connectivity index (χ0n) is 12.1. The lowest BCUT2D eigenvalue weighted by molar-refractivity contribution is -0.385. The van der Waals surface area contributed by atoms with Crippen molar-refractivity contribution in [1.82, 2.24) is 4.98 Å². The summed E-state index contributed by atoms with van der Waals surface area (Å²) >= 11 is 5.54. The number of nitro benzene ring substituents is 1. The summed E-state index contributed by atoms with van der Waals surface area (Å²) in [5.41, 5.74) is 0.0714. The number of hydrogen-bond acceptors (Lipinski definition) is 5. The smallest absolute Gasteiger partial charge is 0.337 e. The summed E-state index contributed by atoms with van der Waals surface area (Å²) in [5, 5.41) is 29.4. The van der Waals surface area contributed by atoms with Gasteiger partial charge in [-0.2, -0.15) is 0 Å². The molecule has 0 saturated carbocycles. The van der Waals surface area contributed by atoms with Crippen molar-refractivity contribution in [3.05, 3.63) is 75.4 Å². The van der Waals surface area contributed by atoms with Gasteiger partial charge in [0.15, 0.2) is 0 Å². The van der Waals surface area contributed by atoms with Gasteiger partial charge in [-0.05, 0) is 24.3 Å². The third-order valence-electron chi connectivity index (χ3n) is 3.03. The first-order valence-corrected chi connectivity index (χ1v) is 6.98. The molecular formula is C16H11ClN2O5. The Morgan fingerprint density at radius 3 is 2.42 bits per heavy atom. The number of phenols is 1. The van der Waals surface area contributed by atoms with Gasteiger partial charge in [0.05, 0.1) is 15.5 Å². The van der Waals surface area contributed by atoms with Crippen LogP contribution in [0.15, 0.2) is 54.7 Å². The van der Waals surface area contributed by atoms with E-state index in [0.29, 0.717) is 5.39 Å². The minimum absolute atomic E-state index is 0.143. The first-order valence-electron chi connectivity index (χ1n) is 6.60. The van der Waals surface area contributed by atoms with Gasteiger partial charge >= 0.3 is 11.7 Å². The van der Waals surface area contributed by atoms with Crippen LogP contribution in [-0.4, -0.2) is 26.1 Å². The molecule has 2 N–H and O–H groups in total. The highest BCUT2D eigenvalue weighted by Gasteiger charge is 2.15. The topological polar surface area (TPSA) is 114 Å². The predicted molar refractivity (Wildman–Crippen MR) is 88.5 cm³/mol. The number of pyridine rings is 1. The van der Waals surface area contributed by atoms with E-state index >= 15 is 0 Å². The number of aromatic hydroxyl groups is 1. The molecule has 0 aliphatic heterocycles. The first-order chi connectivity index (χ1) is 11.4. The van der Waals surface area contributed by atoms with Gasteiger partial charge in [0.1, 0.15) is 5.52 Å². The average Bonchev–Trinajstić information content (AvgIpc) is 2.56.